The predicted octanol–water partition coefficient (Wildman–Crippen LogP) is 0.0478. The Kier molecular flexibility index (Phi) is 3.08. The number of amides is 1. The highest BCUT2D eigenvalue weighted by molar-refractivity contribution is 5.86. The van der Waals surface area contributed by atoms with Gasteiger partial charge in [-0.1, -0.05) is 4.98 Å². The molecule has 0 aliphatic carbocycles. The quantitative estimate of drug-likeness (QED) is 0.553. The highest BCUT2D eigenvalue weighted by Gasteiger charge is 2.14. The molecule has 1 rings (SSSR count). The Morgan fingerprint density at radius 3 is 2.67 bits per heavy atom. The average Bonchev–Trinajstić information content (AvgIpc) is 2.11. The summed E-state index contributed by atoms with van der Waals surface area (Å²) in [5, 5.41) is 13.9. The van der Waals surface area contributed by atoms with Crippen LogP contribution in [0.4, 0.5) is 11.8 Å². The summed E-state index contributed by atoms with van der Waals surface area (Å²) in [6, 6.07) is 1.65. The first-order valence-corrected chi connectivity index (χ1v) is 4.48. The van der Waals surface area contributed by atoms with Crippen LogP contribution in [0.15, 0.2) is 6.07 Å². The number of aromatic nitrogens is 2. The standard InChI is InChI=1S/C9H14N4O2/c1-6-5-8(12(3)4)11-9(13(6)15)10-7(2)14/h5H,1-4H3,(H,10,11,14). The van der Waals surface area contributed by atoms with Crippen LogP contribution in [0, 0.1) is 12.1 Å². The van der Waals surface area contributed by atoms with Crippen LogP contribution in [0.3, 0.4) is 0 Å². The number of nitrogens with zero attached hydrogens (tertiary/aromatic N) is 3. The van der Waals surface area contributed by atoms with E-state index in [1.807, 2.05) is 14.1 Å². The van der Waals surface area contributed by atoms with Gasteiger partial charge in [-0.15, -0.1) is 0 Å². The lowest BCUT2D eigenvalue weighted by atomic mass is 10.4. The van der Waals surface area contributed by atoms with Gasteiger partial charge in [-0.05, 0) is 6.92 Å². The molecule has 1 N–H and O–H groups in total. The molecule has 0 aliphatic heterocycles. The summed E-state index contributed by atoms with van der Waals surface area (Å²) in [6.45, 7) is 2.99. The van der Waals surface area contributed by atoms with E-state index in [1.165, 1.54) is 6.92 Å². The molecular weight excluding hydrogens is 196 g/mol. The maximum Gasteiger partial charge on any atom is 0.401 e. The van der Waals surface area contributed by atoms with Gasteiger partial charge in [0.2, 0.25) is 5.82 Å². The van der Waals surface area contributed by atoms with Crippen LogP contribution in [0.1, 0.15) is 12.6 Å². The minimum Gasteiger partial charge on any atom is -0.740 e. The molecule has 0 aliphatic rings. The van der Waals surface area contributed by atoms with E-state index in [4.69, 9.17) is 0 Å². The maximum absolute atomic E-state index is 11.5. The van der Waals surface area contributed by atoms with Gasteiger partial charge < -0.3 is 10.1 Å². The van der Waals surface area contributed by atoms with Gasteiger partial charge in [0.05, 0.1) is 5.69 Å². The van der Waals surface area contributed by atoms with Crippen LogP contribution in [-0.4, -0.2) is 25.0 Å². The van der Waals surface area contributed by atoms with E-state index in [-0.39, 0.29) is 11.9 Å². The van der Waals surface area contributed by atoms with Crippen LogP contribution in [0.25, 0.3) is 0 Å². The average molecular weight is 210 g/mol. The number of aryl methyl sites for hydroxylation is 1. The summed E-state index contributed by atoms with van der Waals surface area (Å²) in [4.78, 5) is 16.6. The van der Waals surface area contributed by atoms with Crippen molar-refractivity contribution >= 4 is 17.7 Å². The van der Waals surface area contributed by atoms with E-state index in [2.05, 4.69) is 10.3 Å². The van der Waals surface area contributed by atoms with Gasteiger partial charge in [0.1, 0.15) is 0 Å². The number of hydrogen-bond acceptors (Lipinski definition) is 4. The fraction of sp³-hybridized carbons (Fsp3) is 0.444. The first-order chi connectivity index (χ1) is 6.91. The van der Waals surface area contributed by atoms with E-state index >= 15 is 0 Å². The Morgan fingerprint density at radius 2 is 2.20 bits per heavy atom. The summed E-state index contributed by atoms with van der Waals surface area (Å²) in [5.41, 5.74) is 0.484. The molecule has 0 bridgehead atoms. The first-order valence-electron chi connectivity index (χ1n) is 4.48. The number of nitrogens with one attached hydrogen (secondary N) is 1. The number of hydrogen-bond donors (Lipinski definition) is 1. The Bertz CT molecular complexity index is 390. The first kappa shape index (κ1) is 11.2. The van der Waals surface area contributed by atoms with Gasteiger partial charge in [0, 0.05) is 27.1 Å². The Morgan fingerprint density at radius 1 is 1.60 bits per heavy atom. The summed E-state index contributed by atoms with van der Waals surface area (Å²) in [6.07, 6.45) is 0. The van der Waals surface area contributed by atoms with Crippen molar-refractivity contribution in [3.8, 4) is 0 Å². The van der Waals surface area contributed by atoms with Gasteiger partial charge in [-0.25, -0.2) is 10.0 Å². The molecule has 0 saturated carbocycles. The van der Waals surface area contributed by atoms with Gasteiger partial charge in [-0.3, -0.25) is 4.79 Å². The molecular formula is C9H14N4O2. The highest BCUT2D eigenvalue weighted by atomic mass is 16.5. The Hall–Kier alpha value is -1.85. The molecule has 0 spiro atoms. The minimum absolute atomic E-state index is 0.00574. The van der Waals surface area contributed by atoms with Crippen molar-refractivity contribution in [3.63, 3.8) is 0 Å². The van der Waals surface area contributed by atoms with Gasteiger partial charge in [0.15, 0.2) is 0 Å². The fourth-order valence-electron chi connectivity index (χ4n) is 1.06. The number of rotatable bonds is 2. The van der Waals surface area contributed by atoms with Crippen molar-refractivity contribution in [2.45, 2.75) is 13.8 Å². The van der Waals surface area contributed by atoms with Gasteiger partial charge in [-0.2, -0.15) is 0 Å². The van der Waals surface area contributed by atoms with E-state index < -0.39 is 0 Å². The molecule has 0 saturated heterocycles. The molecule has 0 unspecified atom stereocenters. The lowest BCUT2D eigenvalue weighted by molar-refractivity contribution is -0.599. The lowest BCUT2D eigenvalue weighted by Gasteiger charge is -2.14. The molecule has 0 atom stereocenters. The molecule has 1 aromatic heterocycles. The topological polar surface area (TPSA) is 72.2 Å². The smallest absolute Gasteiger partial charge is 0.401 e. The molecule has 0 radical (unpaired) electrons. The zero-order valence-electron chi connectivity index (χ0n) is 9.24. The zero-order chi connectivity index (χ0) is 11.6. The molecule has 1 heterocycles. The van der Waals surface area contributed by atoms with E-state index in [9.17, 15) is 10.0 Å². The monoisotopic (exact) mass is 210 g/mol. The van der Waals surface area contributed by atoms with Crippen LogP contribution < -0.4 is 14.9 Å². The summed E-state index contributed by atoms with van der Waals surface area (Å²) in [5.74, 6) is 0.317. The van der Waals surface area contributed by atoms with Crippen LogP contribution in [-0.2, 0) is 4.79 Å². The van der Waals surface area contributed by atoms with Gasteiger partial charge in [0.25, 0.3) is 5.91 Å². The maximum atomic E-state index is 11.5. The zero-order valence-corrected chi connectivity index (χ0v) is 9.24. The van der Waals surface area contributed by atoms with Crippen LogP contribution in [0.2, 0.25) is 0 Å². The third-order valence-electron chi connectivity index (χ3n) is 1.82. The highest BCUT2D eigenvalue weighted by Crippen LogP contribution is 2.10. The molecule has 6 nitrogen and oxygen atoms in total. The molecule has 6 heteroatoms. The van der Waals surface area contributed by atoms with Crippen molar-refractivity contribution in [1.29, 1.82) is 0 Å². The largest absolute Gasteiger partial charge is 0.740 e. The van der Waals surface area contributed by atoms with E-state index in [0.717, 1.165) is 0 Å². The molecule has 1 aromatic rings. The second-order valence-electron chi connectivity index (χ2n) is 3.45. The van der Waals surface area contributed by atoms with Crippen molar-refractivity contribution in [1.82, 2.24) is 4.98 Å². The molecule has 15 heavy (non-hydrogen) atoms. The third kappa shape index (κ3) is 2.55. The fourth-order valence-corrected chi connectivity index (χ4v) is 1.06. The number of anilines is 2. The second kappa shape index (κ2) is 4.12. The molecule has 0 aromatic carbocycles. The molecule has 1 amide bonds. The minimum atomic E-state index is -0.317. The Balaban J connectivity index is 3.18. The molecule has 0 fully saturated rings. The van der Waals surface area contributed by atoms with E-state index in [1.54, 1.807) is 17.9 Å². The van der Waals surface area contributed by atoms with Crippen molar-refractivity contribution in [2.75, 3.05) is 24.3 Å². The van der Waals surface area contributed by atoms with Gasteiger partial charge >= 0.3 is 5.95 Å². The van der Waals surface area contributed by atoms with Crippen LogP contribution in [0.5, 0.6) is 0 Å². The third-order valence-corrected chi connectivity index (χ3v) is 1.82. The summed E-state index contributed by atoms with van der Waals surface area (Å²) in [7, 11) is 3.63. The molecule has 82 valence electrons. The summed E-state index contributed by atoms with van der Waals surface area (Å²) < 4.78 is 0.592. The lowest BCUT2D eigenvalue weighted by Crippen LogP contribution is -2.37. The van der Waals surface area contributed by atoms with Crippen molar-refractivity contribution in [3.05, 3.63) is 17.0 Å². The predicted molar refractivity (Wildman–Crippen MR) is 56.6 cm³/mol. The number of carbonyl (C=O) groups excluding carboxylic acids is 1. The van der Waals surface area contributed by atoms with Crippen molar-refractivity contribution < 1.29 is 9.52 Å². The summed E-state index contributed by atoms with van der Waals surface area (Å²) >= 11 is 0. The normalized spacial score (nSPS) is 9.87. The van der Waals surface area contributed by atoms with E-state index in [0.29, 0.717) is 16.2 Å². The van der Waals surface area contributed by atoms with Crippen LogP contribution >= 0.6 is 0 Å². The Labute approximate surface area is 88.1 Å². The second-order valence-corrected chi connectivity index (χ2v) is 3.45. The van der Waals surface area contributed by atoms with Crippen molar-refractivity contribution in [2.24, 2.45) is 0 Å². The number of carbonyl (C=O) groups is 1. The SMILES string of the molecule is CC(=O)Nc1nc(N(C)C)cc(C)[n+]1[O-].